The summed E-state index contributed by atoms with van der Waals surface area (Å²) in [6.45, 7) is 0.192. The summed E-state index contributed by atoms with van der Waals surface area (Å²) in [5, 5.41) is 0. The molecule has 5 heteroatoms. The Labute approximate surface area is 94.0 Å². The Balaban J connectivity index is 2.09. The number of carbonyl (C=O) groups is 3. The first-order valence-electron chi connectivity index (χ1n) is 5.75. The lowest BCUT2D eigenvalue weighted by Gasteiger charge is -2.30. The number of nitrogens with two attached hydrogens (primary N) is 1. The molecule has 16 heavy (non-hydrogen) atoms. The minimum Gasteiger partial charge on any atom is -0.369 e. The number of primary amides is 1. The predicted molar refractivity (Wildman–Crippen MR) is 56.3 cm³/mol. The van der Waals surface area contributed by atoms with E-state index in [1.54, 1.807) is 4.90 Å². The van der Waals surface area contributed by atoms with E-state index in [1.165, 1.54) is 6.42 Å². The van der Waals surface area contributed by atoms with Gasteiger partial charge in [-0.3, -0.25) is 14.4 Å². The summed E-state index contributed by atoms with van der Waals surface area (Å²) < 4.78 is 0. The lowest BCUT2D eigenvalue weighted by atomic mass is 9.94. The van der Waals surface area contributed by atoms with Crippen molar-refractivity contribution in [1.29, 1.82) is 0 Å². The third kappa shape index (κ3) is 1.81. The molecule has 0 aromatic rings. The van der Waals surface area contributed by atoms with E-state index in [1.807, 2.05) is 0 Å². The number of rotatable bonds is 2. The first-order valence-corrected chi connectivity index (χ1v) is 5.75. The van der Waals surface area contributed by atoms with Crippen LogP contribution in [0.3, 0.4) is 0 Å². The molecule has 2 fully saturated rings. The van der Waals surface area contributed by atoms with Crippen LogP contribution in [0, 0.1) is 5.92 Å². The van der Waals surface area contributed by atoms with Crippen molar-refractivity contribution in [1.82, 2.24) is 4.90 Å². The average molecular weight is 224 g/mol. The normalized spacial score (nSPS) is 27.5. The summed E-state index contributed by atoms with van der Waals surface area (Å²) in [5.74, 6) is -2.75. The molecule has 0 aromatic heterocycles. The van der Waals surface area contributed by atoms with Gasteiger partial charge in [-0.2, -0.15) is 0 Å². The van der Waals surface area contributed by atoms with Gasteiger partial charge in [-0.15, -0.1) is 0 Å². The van der Waals surface area contributed by atoms with E-state index in [-0.39, 0.29) is 12.6 Å². The lowest BCUT2D eigenvalue weighted by molar-refractivity contribution is -0.143. The third-order valence-electron chi connectivity index (χ3n) is 3.53. The molecule has 1 aliphatic carbocycles. The summed E-state index contributed by atoms with van der Waals surface area (Å²) in [7, 11) is 0. The van der Waals surface area contributed by atoms with Crippen LogP contribution in [0.2, 0.25) is 0 Å². The Morgan fingerprint density at radius 1 is 1.19 bits per heavy atom. The highest BCUT2D eigenvalue weighted by Gasteiger charge is 2.44. The smallest absolute Gasteiger partial charge is 0.291 e. The number of amides is 2. The molecular formula is C11H16N2O3. The zero-order valence-corrected chi connectivity index (χ0v) is 9.15. The fourth-order valence-corrected chi connectivity index (χ4v) is 2.58. The van der Waals surface area contributed by atoms with Gasteiger partial charge in [0.1, 0.15) is 5.92 Å². The van der Waals surface area contributed by atoms with Crippen LogP contribution in [0.1, 0.15) is 32.1 Å². The molecule has 1 heterocycles. The number of nitrogens with zero attached hydrogens (tertiary/aromatic N) is 1. The summed E-state index contributed by atoms with van der Waals surface area (Å²) in [4.78, 5) is 35.8. The highest BCUT2D eigenvalue weighted by molar-refractivity contribution is 6.42. The minimum atomic E-state index is -0.922. The molecule has 0 unspecified atom stereocenters. The van der Waals surface area contributed by atoms with Gasteiger partial charge < -0.3 is 10.6 Å². The lowest BCUT2D eigenvalue weighted by Crippen LogP contribution is -2.39. The second-order valence-corrected chi connectivity index (χ2v) is 4.57. The van der Waals surface area contributed by atoms with Gasteiger partial charge in [-0.05, 0) is 12.8 Å². The van der Waals surface area contributed by atoms with E-state index in [2.05, 4.69) is 0 Å². The summed E-state index contributed by atoms with van der Waals surface area (Å²) >= 11 is 0. The number of hydrogen-bond donors (Lipinski definition) is 1. The van der Waals surface area contributed by atoms with E-state index in [0.717, 1.165) is 25.7 Å². The molecule has 1 saturated heterocycles. The van der Waals surface area contributed by atoms with E-state index in [9.17, 15) is 14.4 Å². The molecule has 2 aliphatic rings. The van der Waals surface area contributed by atoms with Gasteiger partial charge in [0.25, 0.3) is 5.91 Å². The zero-order chi connectivity index (χ0) is 11.7. The van der Waals surface area contributed by atoms with E-state index in [4.69, 9.17) is 5.73 Å². The van der Waals surface area contributed by atoms with Crippen LogP contribution >= 0.6 is 0 Å². The quantitative estimate of drug-likeness (QED) is 0.522. The number of Topliss-reactive ketones (excluding diaryl/α,β-unsaturated/α-hetero) is 1. The summed E-state index contributed by atoms with van der Waals surface area (Å²) in [6.07, 6.45) is 5.23. The SMILES string of the molecule is NC(=O)[C@H]1CN(C2CCCCC2)C(=O)C1=O. The second kappa shape index (κ2) is 4.23. The van der Waals surface area contributed by atoms with Gasteiger partial charge in [0.15, 0.2) is 0 Å². The highest BCUT2D eigenvalue weighted by Crippen LogP contribution is 2.27. The van der Waals surface area contributed by atoms with Gasteiger partial charge in [0, 0.05) is 12.6 Å². The van der Waals surface area contributed by atoms with Crippen LogP contribution in [0.5, 0.6) is 0 Å². The maximum atomic E-state index is 11.7. The van der Waals surface area contributed by atoms with Crippen molar-refractivity contribution in [3.05, 3.63) is 0 Å². The van der Waals surface area contributed by atoms with Crippen molar-refractivity contribution in [3.63, 3.8) is 0 Å². The van der Waals surface area contributed by atoms with Crippen LogP contribution in [0.15, 0.2) is 0 Å². The summed E-state index contributed by atoms with van der Waals surface area (Å²) in [5.41, 5.74) is 5.10. The molecular weight excluding hydrogens is 208 g/mol. The summed E-state index contributed by atoms with van der Waals surface area (Å²) in [6, 6.07) is 0.134. The van der Waals surface area contributed by atoms with Crippen LogP contribution < -0.4 is 5.73 Å². The van der Waals surface area contributed by atoms with E-state index >= 15 is 0 Å². The van der Waals surface area contributed by atoms with Crippen molar-refractivity contribution in [2.24, 2.45) is 11.7 Å². The zero-order valence-electron chi connectivity index (χ0n) is 9.15. The monoisotopic (exact) mass is 224 g/mol. The van der Waals surface area contributed by atoms with Crippen molar-refractivity contribution >= 4 is 17.6 Å². The predicted octanol–water partition coefficient (Wildman–Crippen LogP) is -0.168. The van der Waals surface area contributed by atoms with Crippen LogP contribution in [0.25, 0.3) is 0 Å². The van der Waals surface area contributed by atoms with Gasteiger partial charge >= 0.3 is 0 Å². The molecule has 2 rings (SSSR count). The molecule has 5 nitrogen and oxygen atoms in total. The Morgan fingerprint density at radius 3 is 2.31 bits per heavy atom. The molecule has 2 N–H and O–H groups in total. The van der Waals surface area contributed by atoms with Crippen molar-refractivity contribution in [2.75, 3.05) is 6.54 Å². The average Bonchev–Trinajstić information content (AvgIpc) is 2.58. The number of carbonyl (C=O) groups excluding carboxylic acids is 3. The Bertz CT molecular complexity index is 334. The maximum absolute atomic E-state index is 11.7. The molecule has 1 atom stereocenters. The second-order valence-electron chi connectivity index (χ2n) is 4.57. The Kier molecular flexibility index (Phi) is 2.94. The van der Waals surface area contributed by atoms with Gasteiger partial charge in [-0.1, -0.05) is 19.3 Å². The molecule has 0 radical (unpaired) electrons. The van der Waals surface area contributed by atoms with Crippen molar-refractivity contribution in [3.8, 4) is 0 Å². The number of ketones is 1. The standard InChI is InChI=1S/C11H16N2O3/c12-10(15)8-6-13(11(16)9(8)14)7-4-2-1-3-5-7/h7-8H,1-6H2,(H2,12,15)/t8-/m0/s1. The van der Waals surface area contributed by atoms with Gasteiger partial charge in [0.05, 0.1) is 0 Å². The Morgan fingerprint density at radius 2 is 1.81 bits per heavy atom. The third-order valence-corrected chi connectivity index (χ3v) is 3.53. The molecule has 2 amide bonds. The fourth-order valence-electron chi connectivity index (χ4n) is 2.58. The van der Waals surface area contributed by atoms with Crippen LogP contribution in [0.4, 0.5) is 0 Å². The maximum Gasteiger partial charge on any atom is 0.291 e. The van der Waals surface area contributed by atoms with Gasteiger partial charge in [-0.25, -0.2) is 0 Å². The van der Waals surface area contributed by atoms with Crippen molar-refractivity contribution < 1.29 is 14.4 Å². The van der Waals surface area contributed by atoms with Gasteiger partial charge in [0.2, 0.25) is 11.7 Å². The molecule has 88 valence electrons. The molecule has 1 saturated carbocycles. The van der Waals surface area contributed by atoms with E-state index < -0.39 is 23.5 Å². The molecule has 0 bridgehead atoms. The molecule has 0 spiro atoms. The van der Waals surface area contributed by atoms with Crippen LogP contribution in [-0.2, 0) is 14.4 Å². The minimum absolute atomic E-state index is 0.134. The first-order chi connectivity index (χ1) is 7.61. The topological polar surface area (TPSA) is 80.5 Å². The number of hydrogen-bond acceptors (Lipinski definition) is 3. The highest BCUT2D eigenvalue weighted by atomic mass is 16.2. The van der Waals surface area contributed by atoms with Crippen LogP contribution in [-0.4, -0.2) is 35.1 Å². The largest absolute Gasteiger partial charge is 0.369 e. The number of likely N-dealkylation sites (tertiary alicyclic amines) is 1. The molecule has 0 aromatic carbocycles. The Hall–Kier alpha value is -1.39. The molecule has 1 aliphatic heterocycles. The van der Waals surface area contributed by atoms with Crippen molar-refractivity contribution in [2.45, 2.75) is 38.1 Å². The fraction of sp³-hybridized carbons (Fsp3) is 0.727. The van der Waals surface area contributed by atoms with E-state index in [0.29, 0.717) is 0 Å². The first kappa shape index (κ1) is 11.1.